The molecule has 0 saturated heterocycles. The topological polar surface area (TPSA) is 85.2 Å². The lowest BCUT2D eigenvalue weighted by atomic mass is 9.97. The van der Waals surface area contributed by atoms with E-state index in [1.165, 1.54) is 6.33 Å². The summed E-state index contributed by atoms with van der Waals surface area (Å²) in [6, 6.07) is 18.0. The smallest absolute Gasteiger partial charge is 0.258 e. The zero-order valence-electron chi connectivity index (χ0n) is 23.3. The van der Waals surface area contributed by atoms with E-state index in [1.807, 2.05) is 53.0 Å². The monoisotopic (exact) mass is 527 g/mol. The van der Waals surface area contributed by atoms with Crippen LogP contribution in [-0.2, 0) is 23.8 Å². The molecule has 0 spiro atoms. The van der Waals surface area contributed by atoms with Gasteiger partial charge in [-0.25, -0.2) is 4.52 Å². The summed E-state index contributed by atoms with van der Waals surface area (Å²) >= 11 is 0. The first-order chi connectivity index (χ1) is 18.1. The van der Waals surface area contributed by atoms with Crippen molar-refractivity contribution >= 4 is 14.1 Å². The van der Waals surface area contributed by atoms with Crippen LogP contribution in [0.1, 0.15) is 56.5 Å². The molecule has 4 rings (SSSR count). The molecule has 2 heterocycles. The zero-order valence-corrected chi connectivity index (χ0v) is 24.3. The Balaban J connectivity index is 1.69. The van der Waals surface area contributed by atoms with Gasteiger partial charge in [-0.2, -0.15) is 15.3 Å². The fraction of sp³-hybridized carbons (Fsp3) is 0.400. The number of benzene rings is 2. The molecule has 7 nitrogen and oxygen atoms in total. The van der Waals surface area contributed by atoms with Crippen molar-refractivity contribution in [3.05, 3.63) is 87.6 Å². The Labute approximate surface area is 225 Å². The van der Waals surface area contributed by atoms with Crippen LogP contribution >= 0.6 is 0 Å². The van der Waals surface area contributed by atoms with E-state index < -0.39 is 8.32 Å². The number of nitrogens with zero attached hydrogens (tertiary/aromatic N) is 5. The van der Waals surface area contributed by atoms with Gasteiger partial charge in [0.05, 0.1) is 30.5 Å². The highest BCUT2D eigenvalue weighted by Gasteiger charge is 2.37. The Bertz CT molecular complexity index is 1520. The summed E-state index contributed by atoms with van der Waals surface area (Å²) in [5.74, 6) is 0.560. The second-order valence-electron chi connectivity index (χ2n) is 11.2. The second kappa shape index (κ2) is 11.1. The number of aromatic nitrogens is 4. The highest BCUT2D eigenvalue weighted by molar-refractivity contribution is 6.74. The van der Waals surface area contributed by atoms with Gasteiger partial charge in [-0.15, -0.1) is 0 Å². The molecule has 0 N–H and O–H groups in total. The molecule has 8 heteroatoms. The van der Waals surface area contributed by atoms with E-state index in [1.54, 1.807) is 4.57 Å². The summed E-state index contributed by atoms with van der Waals surface area (Å²) in [4.78, 5) is 18.3. The van der Waals surface area contributed by atoms with E-state index in [0.717, 1.165) is 40.8 Å². The quantitative estimate of drug-likeness (QED) is 0.249. The van der Waals surface area contributed by atoms with Gasteiger partial charge in [-0.1, -0.05) is 76.6 Å². The maximum absolute atomic E-state index is 13.9. The number of fused-ring (bicyclic) bond motifs is 1. The first kappa shape index (κ1) is 27.5. The Morgan fingerprint density at radius 3 is 2.45 bits per heavy atom. The van der Waals surface area contributed by atoms with Crippen molar-refractivity contribution in [2.75, 3.05) is 6.61 Å². The van der Waals surface area contributed by atoms with Crippen LogP contribution in [0, 0.1) is 11.3 Å². The third kappa shape index (κ3) is 5.49. The van der Waals surface area contributed by atoms with Gasteiger partial charge in [0.25, 0.3) is 5.56 Å². The molecule has 4 aromatic rings. The summed E-state index contributed by atoms with van der Waals surface area (Å²) < 4.78 is 9.93. The molecule has 0 amide bonds. The standard InChI is InChI=1S/C30H37N5O2Si/c1-7-10-27-26(19-22-13-15-23(16-14-22)25-12-9-8-11-24(25)20-31)28(36)34(29-32-21-33-35(27)29)17-18-37-38(5,6)30(2,3)4/h8-9,11-16,21H,7,10,17-19H2,1-6H3. The van der Waals surface area contributed by atoms with Gasteiger partial charge in [-0.05, 0) is 47.3 Å². The molecular weight excluding hydrogens is 490 g/mol. The van der Waals surface area contributed by atoms with E-state index in [9.17, 15) is 10.1 Å². The predicted octanol–water partition coefficient (Wildman–Crippen LogP) is 5.99. The van der Waals surface area contributed by atoms with Gasteiger partial charge in [0.1, 0.15) is 6.33 Å². The third-order valence-corrected chi connectivity index (χ3v) is 12.2. The normalized spacial score (nSPS) is 12.1. The van der Waals surface area contributed by atoms with Crippen molar-refractivity contribution in [3.63, 3.8) is 0 Å². The Hall–Kier alpha value is -3.54. The summed E-state index contributed by atoms with van der Waals surface area (Å²) in [6.07, 6.45) is 3.64. The molecule has 0 aliphatic rings. The van der Waals surface area contributed by atoms with Crippen LogP contribution in [0.5, 0.6) is 0 Å². The minimum Gasteiger partial charge on any atom is -0.415 e. The first-order valence-corrected chi connectivity index (χ1v) is 16.1. The summed E-state index contributed by atoms with van der Waals surface area (Å²) in [5.41, 5.74) is 5.17. The van der Waals surface area contributed by atoms with Crippen molar-refractivity contribution in [2.24, 2.45) is 0 Å². The maximum atomic E-state index is 13.9. The average molecular weight is 528 g/mol. The molecule has 0 bridgehead atoms. The van der Waals surface area contributed by atoms with E-state index in [2.05, 4.69) is 56.9 Å². The average Bonchev–Trinajstić information content (AvgIpc) is 3.37. The van der Waals surface area contributed by atoms with Crippen molar-refractivity contribution in [1.82, 2.24) is 19.2 Å². The number of hydrogen-bond acceptors (Lipinski definition) is 5. The largest absolute Gasteiger partial charge is 0.415 e. The maximum Gasteiger partial charge on any atom is 0.258 e. The number of hydrogen-bond donors (Lipinski definition) is 0. The summed E-state index contributed by atoms with van der Waals surface area (Å²) in [6.45, 7) is 14.1. The van der Waals surface area contributed by atoms with Crippen molar-refractivity contribution in [3.8, 4) is 17.2 Å². The molecule has 0 fully saturated rings. The highest BCUT2D eigenvalue weighted by atomic mass is 28.4. The molecule has 198 valence electrons. The van der Waals surface area contributed by atoms with Crippen molar-refractivity contribution in [2.45, 2.75) is 71.6 Å². The van der Waals surface area contributed by atoms with Gasteiger partial charge in [-0.3, -0.25) is 9.36 Å². The molecular formula is C30H37N5O2Si. The van der Waals surface area contributed by atoms with Crippen LogP contribution in [-0.4, -0.2) is 34.1 Å². The number of aryl methyl sites for hydroxylation is 1. The Kier molecular flexibility index (Phi) is 8.00. The fourth-order valence-electron chi connectivity index (χ4n) is 4.43. The molecule has 38 heavy (non-hydrogen) atoms. The lowest BCUT2D eigenvalue weighted by Crippen LogP contribution is -2.42. The van der Waals surface area contributed by atoms with Crippen LogP contribution in [0.3, 0.4) is 0 Å². The SMILES string of the molecule is CCCc1c(Cc2ccc(-c3ccccc3C#N)cc2)c(=O)n(CCO[Si](C)(C)C(C)(C)C)c2ncnn12. The molecule has 0 unspecified atom stereocenters. The Morgan fingerprint density at radius 2 is 1.79 bits per heavy atom. The first-order valence-electron chi connectivity index (χ1n) is 13.2. The molecule has 0 aliphatic carbocycles. The predicted molar refractivity (Wildman–Crippen MR) is 154 cm³/mol. The second-order valence-corrected chi connectivity index (χ2v) is 16.1. The lowest BCUT2D eigenvalue weighted by Gasteiger charge is -2.36. The zero-order chi connectivity index (χ0) is 27.5. The summed E-state index contributed by atoms with van der Waals surface area (Å²) in [7, 11) is -1.94. The van der Waals surface area contributed by atoms with E-state index >= 15 is 0 Å². The van der Waals surface area contributed by atoms with Gasteiger partial charge in [0.2, 0.25) is 5.78 Å². The lowest BCUT2D eigenvalue weighted by molar-refractivity contribution is 0.270. The number of nitriles is 1. The Morgan fingerprint density at radius 1 is 1.08 bits per heavy atom. The van der Waals surface area contributed by atoms with Gasteiger partial charge >= 0.3 is 0 Å². The molecule has 2 aromatic heterocycles. The van der Waals surface area contributed by atoms with Gasteiger partial charge < -0.3 is 4.43 Å². The van der Waals surface area contributed by atoms with Gasteiger partial charge in [0, 0.05) is 12.0 Å². The van der Waals surface area contributed by atoms with E-state index in [0.29, 0.717) is 30.9 Å². The van der Waals surface area contributed by atoms with E-state index in [4.69, 9.17) is 4.43 Å². The molecule has 0 aliphatic heterocycles. The van der Waals surface area contributed by atoms with Crippen molar-refractivity contribution < 1.29 is 4.43 Å². The van der Waals surface area contributed by atoms with Crippen LogP contribution in [0.2, 0.25) is 18.1 Å². The number of rotatable bonds is 9. The van der Waals surface area contributed by atoms with Crippen LogP contribution in [0.15, 0.2) is 59.7 Å². The summed E-state index contributed by atoms with van der Waals surface area (Å²) in [5, 5.41) is 14.1. The fourth-order valence-corrected chi connectivity index (χ4v) is 5.47. The van der Waals surface area contributed by atoms with Crippen molar-refractivity contribution in [1.29, 1.82) is 5.26 Å². The molecule has 0 radical (unpaired) electrons. The van der Waals surface area contributed by atoms with Gasteiger partial charge in [0.15, 0.2) is 8.32 Å². The minimum atomic E-state index is -1.94. The highest BCUT2D eigenvalue weighted by Crippen LogP contribution is 2.36. The van der Waals surface area contributed by atoms with E-state index in [-0.39, 0.29) is 10.6 Å². The third-order valence-electron chi connectivity index (χ3n) is 7.64. The molecule has 2 aromatic carbocycles. The van der Waals surface area contributed by atoms with Crippen LogP contribution in [0.25, 0.3) is 16.9 Å². The molecule has 0 saturated carbocycles. The molecule has 0 atom stereocenters. The van der Waals surface area contributed by atoms with Crippen LogP contribution < -0.4 is 5.56 Å². The minimum absolute atomic E-state index is 0.0355. The van der Waals surface area contributed by atoms with Crippen LogP contribution in [0.4, 0.5) is 0 Å².